The summed E-state index contributed by atoms with van der Waals surface area (Å²) in [6.45, 7) is 0.730. The van der Waals surface area contributed by atoms with E-state index in [1.165, 1.54) is 0 Å². The van der Waals surface area contributed by atoms with Crippen molar-refractivity contribution in [2.75, 3.05) is 13.7 Å². The number of nitrogens with zero attached hydrogens (tertiary/aromatic N) is 3. The van der Waals surface area contributed by atoms with Crippen LogP contribution in [-0.4, -0.2) is 34.6 Å². The van der Waals surface area contributed by atoms with Crippen LogP contribution in [0.3, 0.4) is 0 Å². The van der Waals surface area contributed by atoms with Crippen molar-refractivity contribution in [2.24, 2.45) is 0 Å². The lowest BCUT2D eigenvalue weighted by Gasteiger charge is -2.21. The predicted octanol–water partition coefficient (Wildman–Crippen LogP) is 3.71. The highest BCUT2D eigenvalue weighted by atomic mass is 32.1. The van der Waals surface area contributed by atoms with Gasteiger partial charge in [-0.15, -0.1) is 0 Å². The van der Waals surface area contributed by atoms with Crippen molar-refractivity contribution in [3.63, 3.8) is 0 Å². The van der Waals surface area contributed by atoms with Gasteiger partial charge in [0.1, 0.15) is 11.8 Å². The Labute approximate surface area is 155 Å². The van der Waals surface area contributed by atoms with Crippen molar-refractivity contribution in [1.29, 1.82) is 0 Å². The molecule has 0 saturated carbocycles. The molecule has 0 unspecified atom stereocenters. The lowest BCUT2D eigenvalue weighted by molar-refractivity contribution is -0.131. The zero-order valence-electron chi connectivity index (χ0n) is 14.4. The number of hydrogen-bond donors (Lipinski definition) is 0. The quantitative estimate of drug-likeness (QED) is 0.686. The van der Waals surface area contributed by atoms with Gasteiger partial charge in [0.05, 0.1) is 13.5 Å². The van der Waals surface area contributed by atoms with Crippen LogP contribution in [-0.2, 0) is 11.2 Å². The number of methoxy groups -OCH3 is 1. The summed E-state index contributed by atoms with van der Waals surface area (Å²) in [5.41, 5.74) is 1.91. The molecule has 1 aliphatic rings. The molecule has 4 rings (SSSR count). The molecular weight excluding hydrogens is 350 g/mol. The first-order valence-electron chi connectivity index (χ1n) is 8.53. The van der Waals surface area contributed by atoms with Gasteiger partial charge in [0.2, 0.25) is 17.6 Å². The molecule has 134 valence electrons. The van der Waals surface area contributed by atoms with E-state index in [4.69, 9.17) is 9.26 Å². The van der Waals surface area contributed by atoms with Gasteiger partial charge in [-0.2, -0.15) is 16.3 Å². The maximum Gasteiger partial charge on any atom is 0.249 e. The highest BCUT2D eigenvalue weighted by Gasteiger charge is 2.34. The Hall–Kier alpha value is -2.67. The summed E-state index contributed by atoms with van der Waals surface area (Å²) in [6.07, 6.45) is 2.21. The molecule has 26 heavy (non-hydrogen) atoms. The molecule has 0 N–H and O–H groups in total. The van der Waals surface area contributed by atoms with Crippen molar-refractivity contribution in [1.82, 2.24) is 15.0 Å². The summed E-state index contributed by atoms with van der Waals surface area (Å²) in [4.78, 5) is 19.1. The summed E-state index contributed by atoms with van der Waals surface area (Å²) in [6, 6.07) is 9.35. The number of thiophene rings is 1. The van der Waals surface area contributed by atoms with Crippen LogP contribution in [0.1, 0.15) is 30.3 Å². The summed E-state index contributed by atoms with van der Waals surface area (Å²) >= 11 is 1.60. The van der Waals surface area contributed by atoms with E-state index in [2.05, 4.69) is 10.1 Å². The van der Waals surface area contributed by atoms with E-state index in [1.54, 1.807) is 18.4 Å². The molecule has 3 aromatic rings. The molecule has 6 nitrogen and oxygen atoms in total. The third kappa shape index (κ3) is 3.35. The molecule has 1 aromatic carbocycles. The van der Waals surface area contributed by atoms with Gasteiger partial charge in [-0.3, -0.25) is 4.79 Å². The van der Waals surface area contributed by atoms with Crippen molar-refractivity contribution < 1.29 is 14.1 Å². The van der Waals surface area contributed by atoms with Gasteiger partial charge in [0.25, 0.3) is 0 Å². The first-order chi connectivity index (χ1) is 12.7. The second-order valence-electron chi connectivity index (χ2n) is 6.24. The highest BCUT2D eigenvalue weighted by molar-refractivity contribution is 7.08. The standard InChI is InChI=1S/C19H19N3O3S/c1-24-15-6-4-14(5-7-15)18-20-19(25-21-18)16-3-2-9-22(16)17(23)11-13-8-10-26-12-13/h4-8,10,12,16H,2-3,9,11H2,1H3/t16-/m0/s1. The SMILES string of the molecule is COc1ccc(-c2noc([C@@H]3CCCN3C(=O)Cc3ccsc3)n2)cc1. The molecule has 0 bridgehead atoms. The van der Waals surface area contributed by atoms with E-state index in [-0.39, 0.29) is 11.9 Å². The monoisotopic (exact) mass is 369 g/mol. The zero-order valence-corrected chi connectivity index (χ0v) is 15.2. The number of benzene rings is 1. The maximum atomic E-state index is 12.7. The number of ether oxygens (including phenoxy) is 1. The Kier molecular flexibility index (Phi) is 4.71. The number of hydrogen-bond acceptors (Lipinski definition) is 6. The van der Waals surface area contributed by atoms with Gasteiger partial charge in [-0.05, 0) is 59.5 Å². The Balaban J connectivity index is 1.51. The third-order valence-electron chi connectivity index (χ3n) is 4.58. The van der Waals surface area contributed by atoms with Gasteiger partial charge in [-0.25, -0.2) is 0 Å². The summed E-state index contributed by atoms with van der Waals surface area (Å²) < 4.78 is 10.7. The minimum Gasteiger partial charge on any atom is -0.497 e. The smallest absolute Gasteiger partial charge is 0.249 e. The summed E-state index contributed by atoms with van der Waals surface area (Å²) in [7, 11) is 1.63. The first kappa shape index (κ1) is 16.8. The Morgan fingerprint density at radius 2 is 2.19 bits per heavy atom. The van der Waals surface area contributed by atoms with Gasteiger partial charge >= 0.3 is 0 Å². The molecule has 0 aliphatic carbocycles. The van der Waals surface area contributed by atoms with Crippen molar-refractivity contribution >= 4 is 17.2 Å². The second-order valence-corrected chi connectivity index (χ2v) is 7.02. The molecule has 3 heterocycles. The number of carbonyl (C=O) groups excluding carboxylic acids is 1. The predicted molar refractivity (Wildman–Crippen MR) is 98.0 cm³/mol. The normalized spacial score (nSPS) is 16.8. The molecule has 1 saturated heterocycles. The molecule has 2 aromatic heterocycles. The molecular formula is C19H19N3O3S. The van der Waals surface area contributed by atoms with Crippen molar-refractivity contribution in [2.45, 2.75) is 25.3 Å². The molecule has 1 aliphatic heterocycles. The number of aromatic nitrogens is 2. The van der Waals surface area contributed by atoms with Gasteiger partial charge in [0, 0.05) is 12.1 Å². The van der Waals surface area contributed by atoms with Crippen LogP contribution in [0.2, 0.25) is 0 Å². The first-order valence-corrected chi connectivity index (χ1v) is 9.47. The number of rotatable bonds is 5. The van der Waals surface area contributed by atoms with Gasteiger partial charge in [0.15, 0.2) is 0 Å². The Bertz CT molecular complexity index is 874. The molecule has 1 amide bonds. The Morgan fingerprint density at radius 3 is 2.92 bits per heavy atom. The molecule has 0 spiro atoms. The number of carbonyl (C=O) groups is 1. The molecule has 1 atom stereocenters. The van der Waals surface area contributed by atoms with Crippen LogP contribution in [0.25, 0.3) is 11.4 Å². The summed E-state index contributed by atoms with van der Waals surface area (Å²) in [5.74, 6) is 1.92. The number of amides is 1. The average molecular weight is 369 g/mol. The van der Waals surface area contributed by atoms with E-state index in [0.717, 1.165) is 36.3 Å². The zero-order chi connectivity index (χ0) is 17.9. The number of likely N-dealkylation sites (tertiary alicyclic amines) is 1. The largest absolute Gasteiger partial charge is 0.497 e. The summed E-state index contributed by atoms with van der Waals surface area (Å²) in [5, 5.41) is 8.09. The minimum atomic E-state index is -0.138. The van der Waals surface area contributed by atoms with Crippen LogP contribution in [0, 0.1) is 0 Å². The lowest BCUT2D eigenvalue weighted by Crippen LogP contribution is -2.31. The van der Waals surface area contributed by atoms with E-state index in [9.17, 15) is 4.79 Å². The van der Waals surface area contributed by atoms with Crippen molar-refractivity contribution in [3.05, 3.63) is 52.5 Å². The topological polar surface area (TPSA) is 68.5 Å². The highest BCUT2D eigenvalue weighted by Crippen LogP contribution is 2.32. The van der Waals surface area contributed by atoms with Gasteiger partial charge in [-0.1, -0.05) is 5.16 Å². The minimum absolute atomic E-state index is 0.107. The fraction of sp³-hybridized carbons (Fsp3) is 0.316. The van der Waals surface area contributed by atoms with Crippen LogP contribution < -0.4 is 4.74 Å². The molecule has 1 fully saturated rings. The van der Waals surface area contributed by atoms with Crippen LogP contribution in [0.5, 0.6) is 5.75 Å². The van der Waals surface area contributed by atoms with E-state index >= 15 is 0 Å². The maximum absolute atomic E-state index is 12.7. The van der Waals surface area contributed by atoms with Crippen LogP contribution >= 0.6 is 11.3 Å². The molecule has 0 radical (unpaired) electrons. The molecule has 7 heteroatoms. The van der Waals surface area contributed by atoms with Crippen LogP contribution in [0.4, 0.5) is 0 Å². The Morgan fingerprint density at radius 1 is 1.35 bits per heavy atom. The fourth-order valence-electron chi connectivity index (χ4n) is 3.22. The van der Waals surface area contributed by atoms with E-state index in [1.807, 2.05) is 46.0 Å². The average Bonchev–Trinajstić information content (AvgIpc) is 3.41. The fourth-order valence-corrected chi connectivity index (χ4v) is 3.89. The van der Waals surface area contributed by atoms with Crippen molar-refractivity contribution in [3.8, 4) is 17.1 Å². The van der Waals surface area contributed by atoms with E-state index in [0.29, 0.717) is 18.1 Å². The van der Waals surface area contributed by atoms with Crippen LogP contribution in [0.15, 0.2) is 45.6 Å². The lowest BCUT2D eigenvalue weighted by atomic mass is 10.2. The third-order valence-corrected chi connectivity index (χ3v) is 5.32. The van der Waals surface area contributed by atoms with Gasteiger partial charge < -0.3 is 14.2 Å². The second kappa shape index (κ2) is 7.29. The van der Waals surface area contributed by atoms with E-state index < -0.39 is 0 Å².